The summed E-state index contributed by atoms with van der Waals surface area (Å²) in [5.41, 5.74) is 7.54. The summed E-state index contributed by atoms with van der Waals surface area (Å²) in [4.78, 5) is 45.8. The number of rotatable bonds is 5. The Hall–Kier alpha value is -3.76. The first kappa shape index (κ1) is 24.0. The van der Waals surface area contributed by atoms with Gasteiger partial charge in [0.15, 0.2) is 0 Å². The standard InChI is InChI=1S/C26H28N4O6/c1-5-26(36-24(33)13(2)27)18-9-20-22-14(10-30(20)23(32)17(18)12-35-25(26)34)8-15-16(11-29(3)4)21(31)7-6-19(15)28-22/h6-9,13,31H,5,10-12,27H2,1-4H3/t13-,26-/m0/s1. The Balaban J connectivity index is 1.72. The van der Waals surface area contributed by atoms with Crippen LogP contribution in [0.15, 0.2) is 29.1 Å². The highest BCUT2D eigenvalue weighted by Crippen LogP contribution is 2.41. The van der Waals surface area contributed by atoms with Crippen molar-refractivity contribution in [1.82, 2.24) is 14.5 Å². The Morgan fingerprint density at radius 3 is 2.75 bits per heavy atom. The summed E-state index contributed by atoms with van der Waals surface area (Å²) in [6, 6.07) is 6.05. The van der Waals surface area contributed by atoms with Crippen molar-refractivity contribution < 1.29 is 24.2 Å². The van der Waals surface area contributed by atoms with Crippen molar-refractivity contribution in [3.05, 3.63) is 56.9 Å². The molecule has 0 unspecified atom stereocenters. The molecule has 0 aliphatic carbocycles. The lowest BCUT2D eigenvalue weighted by molar-refractivity contribution is -0.190. The van der Waals surface area contributed by atoms with Gasteiger partial charge in [-0.1, -0.05) is 6.92 Å². The van der Waals surface area contributed by atoms with Gasteiger partial charge in [-0.25, -0.2) is 9.78 Å². The number of nitrogens with two attached hydrogens (primary N) is 1. The molecule has 2 aliphatic heterocycles. The van der Waals surface area contributed by atoms with Gasteiger partial charge in [-0.3, -0.25) is 9.59 Å². The largest absolute Gasteiger partial charge is 0.508 e. The van der Waals surface area contributed by atoms with Crippen LogP contribution >= 0.6 is 0 Å². The molecule has 36 heavy (non-hydrogen) atoms. The Bertz CT molecular complexity index is 1490. The summed E-state index contributed by atoms with van der Waals surface area (Å²) in [6.07, 6.45) is 0.0748. The molecular formula is C26H28N4O6. The Labute approximate surface area is 207 Å². The predicted molar refractivity (Wildman–Crippen MR) is 131 cm³/mol. The average Bonchev–Trinajstić information content (AvgIpc) is 3.19. The van der Waals surface area contributed by atoms with E-state index >= 15 is 0 Å². The summed E-state index contributed by atoms with van der Waals surface area (Å²) < 4.78 is 12.5. The van der Waals surface area contributed by atoms with E-state index in [4.69, 9.17) is 20.2 Å². The van der Waals surface area contributed by atoms with E-state index in [9.17, 15) is 19.5 Å². The number of esters is 2. The van der Waals surface area contributed by atoms with Gasteiger partial charge < -0.3 is 29.8 Å². The molecule has 4 heterocycles. The molecule has 0 saturated heterocycles. The molecule has 2 aromatic heterocycles. The quantitative estimate of drug-likeness (QED) is 0.399. The maximum atomic E-state index is 13.6. The molecule has 3 N–H and O–H groups in total. The summed E-state index contributed by atoms with van der Waals surface area (Å²) in [7, 11) is 3.83. The van der Waals surface area contributed by atoms with Crippen LogP contribution in [-0.2, 0) is 44.4 Å². The molecule has 188 valence electrons. The number of nitrogens with zero attached hydrogens (tertiary/aromatic N) is 3. The van der Waals surface area contributed by atoms with Gasteiger partial charge in [0.25, 0.3) is 5.56 Å². The van der Waals surface area contributed by atoms with Gasteiger partial charge in [-0.15, -0.1) is 0 Å². The maximum Gasteiger partial charge on any atom is 0.355 e. The lowest BCUT2D eigenvalue weighted by Crippen LogP contribution is -2.49. The predicted octanol–water partition coefficient (Wildman–Crippen LogP) is 1.74. The average molecular weight is 493 g/mol. The minimum absolute atomic E-state index is 0.0748. The lowest BCUT2D eigenvalue weighted by Gasteiger charge is -2.36. The van der Waals surface area contributed by atoms with Crippen LogP contribution in [0, 0.1) is 0 Å². The lowest BCUT2D eigenvalue weighted by atomic mass is 9.85. The van der Waals surface area contributed by atoms with Crippen LogP contribution in [-0.4, -0.2) is 51.6 Å². The molecule has 1 aromatic carbocycles. The van der Waals surface area contributed by atoms with Crippen molar-refractivity contribution in [3.63, 3.8) is 0 Å². The highest BCUT2D eigenvalue weighted by atomic mass is 16.6. The zero-order valence-corrected chi connectivity index (χ0v) is 20.6. The maximum absolute atomic E-state index is 13.6. The highest BCUT2D eigenvalue weighted by molar-refractivity contribution is 5.90. The van der Waals surface area contributed by atoms with Gasteiger partial charge in [-0.2, -0.15) is 0 Å². The number of hydrogen-bond acceptors (Lipinski definition) is 9. The van der Waals surface area contributed by atoms with E-state index in [2.05, 4.69) is 0 Å². The zero-order valence-electron chi connectivity index (χ0n) is 20.6. The van der Waals surface area contributed by atoms with Crippen LogP contribution in [0.4, 0.5) is 0 Å². The third kappa shape index (κ3) is 3.48. The first-order valence-electron chi connectivity index (χ1n) is 11.8. The van der Waals surface area contributed by atoms with Crippen molar-refractivity contribution in [2.75, 3.05) is 14.1 Å². The van der Waals surface area contributed by atoms with Crippen LogP contribution in [0.1, 0.15) is 42.5 Å². The van der Waals surface area contributed by atoms with Crippen LogP contribution < -0.4 is 11.3 Å². The highest BCUT2D eigenvalue weighted by Gasteiger charge is 2.50. The first-order valence-corrected chi connectivity index (χ1v) is 11.8. The minimum Gasteiger partial charge on any atom is -0.508 e. The molecular weight excluding hydrogens is 464 g/mol. The van der Waals surface area contributed by atoms with E-state index in [1.807, 2.05) is 25.1 Å². The van der Waals surface area contributed by atoms with Crippen LogP contribution in [0.5, 0.6) is 5.75 Å². The van der Waals surface area contributed by atoms with E-state index in [1.165, 1.54) is 6.92 Å². The number of carbonyl (C=O) groups excluding carboxylic acids is 2. The molecule has 0 fully saturated rings. The second-order valence-corrected chi connectivity index (χ2v) is 9.64. The Morgan fingerprint density at radius 2 is 2.08 bits per heavy atom. The number of ether oxygens (including phenoxy) is 2. The molecule has 10 heteroatoms. The molecule has 2 aliphatic rings. The van der Waals surface area contributed by atoms with Gasteiger partial charge in [0.2, 0.25) is 5.60 Å². The topological polar surface area (TPSA) is 137 Å². The second kappa shape index (κ2) is 8.42. The zero-order chi connectivity index (χ0) is 25.9. The molecule has 0 bridgehead atoms. The first-order chi connectivity index (χ1) is 17.1. The molecule has 2 atom stereocenters. The summed E-state index contributed by atoms with van der Waals surface area (Å²) in [5, 5.41) is 11.3. The van der Waals surface area contributed by atoms with Crippen molar-refractivity contribution in [2.24, 2.45) is 5.73 Å². The van der Waals surface area contributed by atoms with Gasteiger partial charge in [0.05, 0.1) is 29.0 Å². The van der Waals surface area contributed by atoms with Gasteiger partial charge in [0.1, 0.15) is 18.4 Å². The number of phenolic OH excluding ortho intramolecular Hbond substituents is 1. The van der Waals surface area contributed by atoms with E-state index in [0.29, 0.717) is 29.0 Å². The van der Waals surface area contributed by atoms with E-state index in [0.717, 1.165) is 16.5 Å². The molecule has 3 aromatic rings. The van der Waals surface area contributed by atoms with E-state index in [-0.39, 0.29) is 36.4 Å². The van der Waals surface area contributed by atoms with Gasteiger partial charge in [-0.05, 0) is 51.7 Å². The Morgan fingerprint density at radius 1 is 1.33 bits per heavy atom. The number of aromatic nitrogens is 2. The number of fused-ring (bicyclic) bond motifs is 5. The summed E-state index contributed by atoms with van der Waals surface area (Å²) >= 11 is 0. The number of phenols is 1. The smallest absolute Gasteiger partial charge is 0.355 e. The third-order valence-electron chi connectivity index (χ3n) is 6.87. The van der Waals surface area contributed by atoms with E-state index < -0.39 is 23.6 Å². The fourth-order valence-electron chi connectivity index (χ4n) is 5.00. The SMILES string of the molecule is CC[C@@]1(OC(=O)[C@H](C)N)C(=O)OCc2c1cc1n(c2=O)Cc2cc3c(CN(C)C)c(O)ccc3nc2-1. The third-order valence-corrected chi connectivity index (χ3v) is 6.87. The number of cyclic esters (lactones) is 1. The normalized spacial score (nSPS) is 19.0. The number of carbonyl (C=O) groups is 2. The van der Waals surface area contributed by atoms with Crippen molar-refractivity contribution in [3.8, 4) is 17.1 Å². The van der Waals surface area contributed by atoms with Crippen molar-refractivity contribution in [2.45, 2.75) is 51.6 Å². The fraction of sp³-hybridized carbons (Fsp3) is 0.385. The van der Waals surface area contributed by atoms with Gasteiger partial charge in [0, 0.05) is 28.6 Å². The van der Waals surface area contributed by atoms with Crippen LogP contribution in [0.25, 0.3) is 22.3 Å². The molecule has 0 radical (unpaired) electrons. The summed E-state index contributed by atoms with van der Waals surface area (Å²) in [5.74, 6) is -1.32. The van der Waals surface area contributed by atoms with Crippen LogP contribution in [0.2, 0.25) is 0 Å². The summed E-state index contributed by atoms with van der Waals surface area (Å²) in [6.45, 7) is 3.75. The number of pyridine rings is 2. The second-order valence-electron chi connectivity index (χ2n) is 9.64. The fourth-order valence-corrected chi connectivity index (χ4v) is 5.00. The van der Waals surface area contributed by atoms with Gasteiger partial charge >= 0.3 is 11.9 Å². The number of benzene rings is 1. The number of hydrogen-bond donors (Lipinski definition) is 2. The van der Waals surface area contributed by atoms with Crippen LogP contribution in [0.3, 0.4) is 0 Å². The molecule has 10 nitrogen and oxygen atoms in total. The van der Waals surface area contributed by atoms with Crippen molar-refractivity contribution in [1.29, 1.82) is 0 Å². The Kier molecular flexibility index (Phi) is 5.60. The molecule has 0 amide bonds. The van der Waals surface area contributed by atoms with E-state index in [1.54, 1.807) is 29.7 Å². The monoisotopic (exact) mass is 492 g/mol. The van der Waals surface area contributed by atoms with Crippen molar-refractivity contribution >= 4 is 22.8 Å². The molecule has 0 spiro atoms. The number of aromatic hydroxyl groups is 1. The molecule has 5 rings (SSSR count). The minimum atomic E-state index is -1.77. The molecule has 0 saturated carbocycles.